The molecule has 2 aromatic rings. The lowest BCUT2D eigenvalue weighted by Crippen LogP contribution is -2.04. The fourth-order valence-corrected chi connectivity index (χ4v) is 2.73. The molecule has 0 amide bonds. The van der Waals surface area contributed by atoms with Gasteiger partial charge in [-0.3, -0.25) is 0 Å². The fourth-order valence-electron chi connectivity index (χ4n) is 1.64. The standard InChI is InChI=1S/C13H12ClF2N3OS/c1-7-4-11(17)19-13(18-7)21-6-8-5-9(14)2-3-10(8)20-12(15)16/h2-5,12H,6H2,1H3,(H2,17,18,19). The van der Waals surface area contributed by atoms with E-state index in [1.54, 1.807) is 19.1 Å². The third-order valence-corrected chi connectivity index (χ3v) is 3.58. The van der Waals surface area contributed by atoms with Gasteiger partial charge in [-0.1, -0.05) is 23.4 Å². The average Bonchev–Trinajstić information content (AvgIpc) is 2.37. The van der Waals surface area contributed by atoms with Gasteiger partial charge in [0.15, 0.2) is 5.16 Å². The molecule has 0 radical (unpaired) electrons. The minimum atomic E-state index is -2.89. The van der Waals surface area contributed by atoms with Gasteiger partial charge in [-0.25, -0.2) is 9.97 Å². The molecule has 112 valence electrons. The highest BCUT2D eigenvalue weighted by molar-refractivity contribution is 7.98. The minimum absolute atomic E-state index is 0.0857. The summed E-state index contributed by atoms with van der Waals surface area (Å²) in [6.45, 7) is -1.09. The van der Waals surface area contributed by atoms with Crippen LogP contribution in [-0.2, 0) is 5.75 Å². The molecule has 2 N–H and O–H groups in total. The van der Waals surface area contributed by atoms with E-state index in [1.807, 2.05) is 0 Å². The second-order valence-corrected chi connectivity index (χ2v) is 5.51. The molecule has 0 atom stereocenters. The van der Waals surface area contributed by atoms with Crippen LogP contribution in [0.1, 0.15) is 11.3 Å². The van der Waals surface area contributed by atoms with E-state index in [2.05, 4.69) is 14.7 Å². The summed E-state index contributed by atoms with van der Waals surface area (Å²) in [4.78, 5) is 8.28. The van der Waals surface area contributed by atoms with Crippen molar-refractivity contribution in [2.75, 3.05) is 5.73 Å². The first kappa shape index (κ1) is 15.8. The van der Waals surface area contributed by atoms with Crippen molar-refractivity contribution in [2.24, 2.45) is 0 Å². The number of rotatable bonds is 5. The van der Waals surface area contributed by atoms with Crippen LogP contribution in [0.25, 0.3) is 0 Å². The molecule has 0 saturated heterocycles. The molecule has 0 aliphatic heterocycles. The Balaban J connectivity index is 2.16. The van der Waals surface area contributed by atoms with Crippen molar-refractivity contribution in [3.05, 3.63) is 40.5 Å². The Hall–Kier alpha value is -1.60. The molecular weight excluding hydrogens is 320 g/mol. The van der Waals surface area contributed by atoms with Gasteiger partial charge in [0.05, 0.1) is 0 Å². The summed E-state index contributed by atoms with van der Waals surface area (Å²) >= 11 is 7.15. The molecule has 0 fully saturated rings. The highest BCUT2D eigenvalue weighted by Gasteiger charge is 2.11. The number of ether oxygens (including phenoxy) is 1. The topological polar surface area (TPSA) is 61.0 Å². The van der Waals surface area contributed by atoms with Crippen LogP contribution in [-0.4, -0.2) is 16.6 Å². The average molecular weight is 332 g/mol. The number of aromatic nitrogens is 2. The Bertz CT molecular complexity index is 623. The highest BCUT2D eigenvalue weighted by Crippen LogP contribution is 2.30. The van der Waals surface area contributed by atoms with Gasteiger partial charge in [0.1, 0.15) is 11.6 Å². The van der Waals surface area contributed by atoms with Crippen molar-refractivity contribution in [1.29, 1.82) is 0 Å². The van der Waals surface area contributed by atoms with Gasteiger partial charge in [0, 0.05) is 28.1 Å². The molecule has 21 heavy (non-hydrogen) atoms. The summed E-state index contributed by atoms with van der Waals surface area (Å²) < 4.78 is 29.2. The van der Waals surface area contributed by atoms with Gasteiger partial charge in [-0.05, 0) is 25.1 Å². The summed E-state index contributed by atoms with van der Waals surface area (Å²) in [7, 11) is 0. The van der Waals surface area contributed by atoms with Crippen molar-refractivity contribution in [2.45, 2.75) is 24.4 Å². The normalized spacial score (nSPS) is 10.9. The van der Waals surface area contributed by atoms with Crippen LogP contribution in [0.15, 0.2) is 29.4 Å². The summed E-state index contributed by atoms with van der Waals surface area (Å²) in [5, 5.41) is 0.910. The van der Waals surface area contributed by atoms with Crippen molar-refractivity contribution >= 4 is 29.2 Å². The molecule has 1 aromatic heterocycles. The third kappa shape index (κ3) is 4.71. The third-order valence-electron chi connectivity index (χ3n) is 2.45. The Morgan fingerprint density at radius 2 is 2.10 bits per heavy atom. The Morgan fingerprint density at radius 3 is 2.76 bits per heavy atom. The zero-order valence-corrected chi connectivity index (χ0v) is 12.6. The number of nitrogens with zero attached hydrogens (tertiary/aromatic N) is 2. The van der Waals surface area contributed by atoms with Crippen LogP contribution in [0.4, 0.5) is 14.6 Å². The first-order chi connectivity index (χ1) is 9.94. The second-order valence-electron chi connectivity index (χ2n) is 4.14. The number of anilines is 1. The Kier molecular flexibility index (Phi) is 5.19. The molecule has 0 spiro atoms. The number of halogens is 3. The quantitative estimate of drug-likeness (QED) is 0.664. The number of thioether (sulfide) groups is 1. The largest absolute Gasteiger partial charge is 0.435 e. The molecule has 0 aliphatic rings. The predicted molar refractivity (Wildman–Crippen MR) is 78.8 cm³/mol. The number of hydrogen-bond donors (Lipinski definition) is 1. The molecule has 0 aliphatic carbocycles. The van der Waals surface area contributed by atoms with Crippen LogP contribution in [0.5, 0.6) is 5.75 Å². The lowest BCUT2D eigenvalue weighted by atomic mass is 10.2. The molecule has 0 bridgehead atoms. The van der Waals surface area contributed by atoms with Crippen molar-refractivity contribution in [1.82, 2.24) is 9.97 Å². The van der Waals surface area contributed by atoms with E-state index >= 15 is 0 Å². The molecule has 4 nitrogen and oxygen atoms in total. The van der Waals surface area contributed by atoms with Crippen molar-refractivity contribution < 1.29 is 13.5 Å². The van der Waals surface area contributed by atoms with Gasteiger partial charge in [-0.15, -0.1) is 0 Å². The van der Waals surface area contributed by atoms with Gasteiger partial charge in [-0.2, -0.15) is 8.78 Å². The van der Waals surface area contributed by atoms with Crippen molar-refractivity contribution in [3.63, 3.8) is 0 Å². The number of alkyl halides is 2. The molecule has 0 unspecified atom stereocenters. The fraction of sp³-hybridized carbons (Fsp3) is 0.231. The predicted octanol–water partition coefficient (Wildman–Crippen LogP) is 3.91. The van der Waals surface area contributed by atoms with E-state index in [0.29, 0.717) is 27.3 Å². The Morgan fingerprint density at radius 1 is 1.33 bits per heavy atom. The monoisotopic (exact) mass is 331 g/mol. The van der Waals surface area contributed by atoms with E-state index in [9.17, 15) is 8.78 Å². The maximum atomic E-state index is 12.4. The van der Waals surface area contributed by atoms with Gasteiger partial charge in [0.25, 0.3) is 0 Å². The van der Waals surface area contributed by atoms with E-state index < -0.39 is 6.61 Å². The maximum absolute atomic E-state index is 12.4. The maximum Gasteiger partial charge on any atom is 0.387 e. The SMILES string of the molecule is Cc1cc(N)nc(SCc2cc(Cl)ccc2OC(F)F)n1. The first-order valence-corrected chi connectivity index (χ1v) is 7.27. The second kappa shape index (κ2) is 6.91. The van der Waals surface area contributed by atoms with Crippen LogP contribution in [0.3, 0.4) is 0 Å². The van der Waals surface area contributed by atoms with Gasteiger partial charge < -0.3 is 10.5 Å². The number of nitrogen functional groups attached to an aromatic ring is 1. The lowest BCUT2D eigenvalue weighted by molar-refractivity contribution is -0.0503. The van der Waals surface area contributed by atoms with Crippen molar-refractivity contribution in [3.8, 4) is 5.75 Å². The smallest absolute Gasteiger partial charge is 0.387 e. The molecule has 2 rings (SSSR count). The van der Waals surface area contributed by atoms with E-state index in [-0.39, 0.29) is 5.75 Å². The van der Waals surface area contributed by atoms with E-state index in [4.69, 9.17) is 17.3 Å². The van der Waals surface area contributed by atoms with Gasteiger partial charge in [0.2, 0.25) is 0 Å². The molecule has 1 aromatic carbocycles. The van der Waals surface area contributed by atoms with E-state index in [1.165, 1.54) is 23.9 Å². The molecule has 0 saturated carbocycles. The zero-order chi connectivity index (χ0) is 15.4. The highest BCUT2D eigenvalue weighted by atomic mass is 35.5. The lowest BCUT2D eigenvalue weighted by Gasteiger charge is -2.10. The number of benzene rings is 1. The zero-order valence-electron chi connectivity index (χ0n) is 11.0. The van der Waals surface area contributed by atoms with E-state index in [0.717, 1.165) is 5.69 Å². The van der Waals surface area contributed by atoms with Crippen LogP contribution >= 0.6 is 23.4 Å². The minimum Gasteiger partial charge on any atom is -0.435 e. The number of nitrogens with two attached hydrogens (primary N) is 1. The molecular formula is C13H12ClF2N3OS. The summed E-state index contributed by atoms with van der Waals surface area (Å²) in [5.41, 5.74) is 6.91. The van der Waals surface area contributed by atoms with Crippen LogP contribution in [0.2, 0.25) is 5.02 Å². The summed E-state index contributed by atoms with van der Waals surface area (Å²) in [6.07, 6.45) is 0. The molecule has 8 heteroatoms. The Labute approximate surface area is 129 Å². The van der Waals surface area contributed by atoms with Gasteiger partial charge >= 0.3 is 6.61 Å². The number of aryl methyl sites for hydroxylation is 1. The molecule has 1 heterocycles. The first-order valence-electron chi connectivity index (χ1n) is 5.91. The van der Waals surface area contributed by atoms with Crippen LogP contribution < -0.4 is 10.5 Å². The van der Waals surface area contributed by atoms with Crippen LogP contribution in [0, 0.1) is 6.92 Å². The number of hydrogen-bond acceptors (Lipinski definition) is 5. The summed E-state index contributed by atoms with van der Waals surface area (Å²) in [5.74, 6) is 0.786. The summed E-state index contributed by atoms with van der Waals surface area (Å²) in [6, 6.07) is 6.13.